The second-order valence-corrected chi connectivity index (χ2v) is 7.22. The topological polar surface area (TPSA) is 99.5 Å². The van der Waals surface area contributed by atoms with Gasteiger partial charge in [0.05, 0.1) is 25.3 Å². The fourth-order valence-electron chi connectivity index (χ4n) is 2.72. The number of halogens is 1. The normalized spacial score (nSPS) is 10.5. The molecule has 3 rings (SSSR count). The van der Waals surface area contributed by atoms with Gasteiger partial charge in [-0.05, 0) is 24.6 Å². The molecule has 30 heavy (non-hydrogen) atoms. The standard InChI is InChI=1S/C20H18FN3O5S/c1-11-7-14(25)15(28-2)9-24(11)10-16(26)22-20-23-17(19(27)29-3)18(30-20)12-5-4-6-13(21)8-12/h4-9H,10H2,1-3H3,(H,22,23,26). The van der Waals surface area contributed by atoms with E-state index < -0.39 is 17.7 Å². The molecular weight excluding hydrogens is 413 g/mol. The van der Waals surface area contributed by atoms with Crippen LogP contribution in [0.4, 0.5) is 9.52 Å². The maximum atomic E-state index is 13.6. The lowest BCUT2D eigenvalue weighted by Gasteiger charge is -2.11. The quantitative estimate of drug-likeness (QED) is 0.603. The zero-order valence-electron chi connectivity index (χ0n) is 16.4. The monoisotopic (exact) mass is 431 g/mol. The van der Waals surface area contributed by atoms with Gasteiger partial charge in [-0.25, -0.2) is 14.2 Å². The Labute approximate surface area is 174 Å². The fraction of sp³-hybridized carbons (Fsp3) is 0.200. The molecule has 0 spiro atoms. The van der Waals surface area contributed by atoms with Crippen LogP contribution in [0.25, 0.3) is 10.4 Å². The van der Waals surface area contributed by atoms with Gasteiger partial charge in [0.15, 0.2) is 16.6 Å². The molecule has 0 saturated carbocycles. The van der Waals surface area contributed by atoms with Gasteiger partial charge in [-0.2, -0.15) is 0 Å². The van der Waals surface area contributed by atoms with E-state index in [2.05, 4.69) is 10.3 Å². The van der Waals surface area contributed by atoms with Crippen LogP contribution in [0, 0.1) is 12.7 Å². The van der Waals surface area contributed by atoms with Crippen molar-refractivity contribution < 1.29 is 23.5 Å². The van der Waals surface area contributed by atoms with Crippen molar-refractivity contribution in [3.8, 4) is 16.2 Å². The maximum absolute atomic E-state index is 13.6. The van der Waals surface area contributed by atoms with Crippen molar-refractivity contribution >= 4 is 28.3 Å². The Morgan fingerprint density at radius 3 is 2.70 bits per heavy atom. The number of methoxy groups -OCH3 is 2. The number of aromatic nitrogens is 2. The minimum Gasteiger partial charge on any atom is -0.491 e. The summed E-state index contributed by atoms with van der Waals surface area (Å²) in [5.74, 6) is -1.49. The number of pyridine rings is 1. The summed E-state index contributed by atoms with van der Waals surface area (Å²) in [4.78, 5) is 40.9. The van der Waals surface area contributed by atoms with Gasteiger partial charge in [0.1, 0.15) is 12.4 Å². The van der Waals surface area contributed by atoms with E-state index in [0.717, 1.165) is 11.3 Å². The first-order valence-corrected chi connectivity index (χ1v) is 9.54. The first kappa shape index (κ1) is 21.2. The Hall–Kier alpha value is -3.53. The molecule has 2 aromatic heterocycles. The number of nitrogens with zero attached hydrogens (tertiary/aromatic N) is 2. The molecule has 1 aromatic carbocycles. The molecule has 0 atom stereocenters. The minimum atomic E-state index is -0.702. The number of amides is 1. The Balaban J connectivity index is 1.87. The molecule has 0 aliphatic rings. The van der Waals surface area contributed by atoms with Crippen LogP contribution >= 0.6 is 11.3 Å². The molecule has 0 aliphatic carbocycles. The number of thiazole rings is 1. The Morgan fingerprint density at radius 1 is 1.27 bits per heavy atom. The number of rotatable bonds is 6. The number of benzene rings is 1. The number of esters is 1. The minimum absolute atomic E-state index is 0.0235. The number of hydrogen-bond acceptors (Lipinski definition) is 7. The number of ether oxygens (including phenoxy) is 2. The molecular formula is C20H18FN3O5S. The molecule has 156 valence electrons. The van der Waals surface area contributed by atoms with E-state index in [-0.39, 0.29) is 28.5 Å². The first-order valence-electron chi connectivity index (χ1n) is 8.72. The van der Waals surface area contributed by atoms with Crippen LogP contribution in [0.15, 0.2) is 41.3 Å². The zero-order chi connectivity index (χ0) is 21.8. The second kappa shape index (κ2) is 8.87. The highest BCUT2D eigenvalue weighted by atomic mass is 32.1. The Morgan fingerprint density at radius 2 is 2.03 bits per heavy atom. The van der Waals surface area contributed by atoms with Crippen LogP contribution in [0.3, 0.4) is 0 Å². The van der Waals surface area contributed by atoms with Crippen molar-refractivity contribution in [2.45, 2.75) is 13.5 Å². The molecule has 0 unspecified atom stereocenters. The number of nitrogens with one attached hydrogen (secondary N) is 1. The second-order valence-electron chi connectivity index (χ2n) is 6.22. The van der Waals surface area contributed by atoms with E-state index in [1.54, 1.807) is 17.6 Å². The Bertz CT molecular complexity index is 1170. The molecule has 8 nitrogen and oxygen atoms in total. The average Bonchev–Trinajstić information content (AvgIpc) is 3.13. The Kier molecular flexibility index (Phi) is 6.26. The van der Waals surface area contributed by atoms with Gasteiger partial charge in [-0.15, -0.1) is 0 Å². The first-order chi connectivity index (χ1) is 14.3. The summed E-state index contributed by atoms with van der Waals surface area (Å²) < 4.78 is 24.9. The smallest absolute Gasteiger partial charge is 0.358 e. The van der Waals surface area contributed by atoms with E-state index in [9.17, 15) is 18.8 Å². The SMILES string of the molecule is COC(=O)c1nc(NC(=O)Cn2cc(OC)c(=O)cc2C)sc1-c1cccc(F)c1. The highest BCUT2D eigenvalue weighted by molar-refractivity contribution is 7.19. The van der Waals surface area contributed by atoms with Gasteiger partial charge >= 0.3 is 5.97 Å². The predicted molar refractivity (Wildman–Crippen MR) is 109 cm³/mol. The van der Waals surface area contributed by atoms with E-state index in [4.69, 9.17) is 9.47 Å². The van der Waals surface area contributed by atoms with Gasteiger partial charge < -0.3 is 19.4 Å². The van der Waals surface area contributed by atoms with Crippen molar-refractivity contribution in [3.63, 3.8) is 0 Å². The molecule has 0 bridgehead atoms. The van der Waals surface area contributed by atoms with Crippen molar-refractivity contribution in [1.82, 2.24) is 9.55 Å². The van der Waals surface area contributed by atoms with E-state index >= 15 is 0 Å². The largest absolute Gasteiger partial charge is 0.491 e. The molecule has 3 aromatic rings. The third-order valence-corrected chi connectivity index (χ3v) is 5.20. The summed E-state index contributed by atoms with van der Waals surface area (Å²) in [7, 11) is 2.58. The number of carbonyl (C=O) groups excluding carboxylic acids is 2. The van der Waals surface area contributed by atoms with Gasteiger partial charge in [0.2, 0.25) is 11.3 Å². The number of anilines is 1. The lowest BCUT2D eigenvalue weighted by Crippen LogP contribution is -2.22. The highest BCUT2D eigenvalue weighted by Crippen LogP contribution is 2.34. The van der Waals surface area contributed by atoms with Crippen molar-refractivity contribution in [2.24, 2.45) is 0 Å². The lowest BCUT2D eigenvalue weighted by atomic mass is 10.1. The third kappa shape index (κ3) is 4.54. The summed E-state index contributed by atoms with van der Waals surface area (Å²) in [6.45, 7) is 1.58. The number of hydrogen-bond donors (Lipinski definition) is 1. The summed E-state index contributed by atoms with van der Waals surface area (Å²) in [6.07, 6.45) is 1.44. The van der Waals surface area contributed by atoms with Gasteiger partial charge in [-0.3, -0.25) is 9.59 Å². The van der Waals surface area contributed by atoms with E-state index in [0.29, 0.717) is 16.1 Å². The van der Waals surface area contributed by atoms with Crippen LogP contribution < -0.4 is 15.5 Å². The number of carbonyl (C=O) groups is 2. The van der Waals surface area contributed by atoms with Crippen molar-refractivity contribution in [1.29, 1.82) is 0 Å². The van der Waals surface area contributed by atoms with Gasteiger partial charge in [0.25, 0.3) is 0 Å². The molecule has 0 aliphatic heterocycles. The molecule has 10 heteroatoms. The average molecular weight is 431 g/mol. The van der Waals surface area contributed by atoms with Crippen LogP contribution in [-0.4, -0.2) is 35.6 Å². The summed E-state index contributed by atoms with van der Waals surface area (Å²) >= 11 is 1.02. The number of aryl methyl sites for hydroxylation is 1. The molecule has 0 saturated heterocycles. The van der Waals surface area contributed by atoms with Crippen molar-refractivity contribution in [3.05, 3.63) is 64.0 Å². The zero-order valence-corrected chi connectivity index (χ0v) is 17.2. The summed E-state index contributed by atoms with van der Waals surface area (Å²) in [6, 6.07) is 7.06. The van der Waals surface area contributed by atoms with Crippen molar-refractivity contribution in [2.75, 3.05) is 19.5 Å². The predicted octanol–water partition coefficient (Wildman–Crippen LogP) is 2.85. The molecule has 1 amide bonds. The fourth-order valence-corrected chi connectivity index (χ4v) is 3.69. The van der Waals surface area contributed by atoms with Crippen LogP contribution in [0.1, 0.15) is 16.2 Å². The van der Waals surface area contributed by atoms with E-state index in [1.807, 2.05) is 0 Å². The summed E-state index contributed by atoms with van der Waals surface area (Å²) in [5.41, 5.74) is 0.707. The van der Waals surface area contributed by atoms with Crippen LogP contribution in [0.2, 0.25) is 0 Å². The molecule has 2 heterocycles. The molecule has 0 fully saturated rings. The van der Waals surface area contributed by atoms with Gasteiger partial charge in [0, 0.05) is 11.8 Å². The highest BCUT2D eigenvalue weighted by Gasteiger charge is 2.21. The molecule has 0 radical (unpaired) electrons. The summed E-state index contributed by atoms with van der Waals surface area (Å²) in [5, 5.41) is 2.78. The van der Waals surface area contributed by atoms with E-state index in [1.165, 1.54) is 44.7 Å². The van der Waals surface area contributed by atoms with Gasteiger partial charge in [-0.1, -0.05) is 23.5 Å². The molecule has 1 N–H and O–H groups in total. The lowest BCUT2D eigenvalue weighted by molar-refractivity contribution is -0.116. The van der Waals surface area contributed by atoms with Crippen LogP contribution in [-0.2, 0) is 16.1 Å². The third-order valence-electron chi connectivity index (χ3n) is 4.18. The maximum Gasteiger partial charge on any atom is 0.358 e. The van der Waals surface area contributed by atoms with Crippen LogP contribution in [0.5, 0.6) is 5.75 Å².